The van der Waals surface area contributed by atoms with Gasteiger partial charge in [-0.1, -0.05) is 6.92 Å². The molecule has 1 unspecified atom stereocenters. The van der Waals surface area contributed by atoms with E-state index >= 15 is 0 Å². The Morgan fingerprint density at radius 3 is 2.71 bits per heavy atom. The zero-order valence-electron chi connectivity index (χ0n) is 11.2. The molecule has 0 radical (unpaired) electrons. The van der Waals surface area contributed by atoms with Crippen LogP contribution in [0.3, 0.4) is 0 Å². The molecule has 5 nitrogen and oxygen atoms in total. The van der Waals surface area contributed by atoms with Crippen LogP contribution in [0.15, 0.2) is 6.33 Å². The molecule has 0 saturated carbocycles. The van der Waals surface area contributed by atoms with Gasteiger partial charge in [-0.25, -0.2) is 9.67 Å². The van der Waals surface area contributed by atoms with E-state index < -0.39 is 5.60 Å². The van der Waals surface area contributed by atoms with Gasteiger partial charge in [-0.2, -0.15) is 5.10 Å². The van der Waals surface area contributed by atoms with E-state index in [1.807, 2.05) is 27.7 Å². The predicted molar refractivity (Wildman–Crippen MR) is 64.8 cm³/mol. The van der Waals surface area contributed by atoms with Gasteiger partial charge in [0.1, 0.15) is 17.8 Å². The van der Waals surface area contributed by atoms with Crippen LogP contribution in [0, 0.1) is 0 Å². The number of ketones is 1. The molecule has 0 N–H and O–H groups in total. The van der Waals surface area contributed by atoms with Gasteiger partial charge >= 0.3 is 0 Å². The molecule has 17 heavy (non-hydrogen) atoms. The molecule has 0 spiro atoms. The van der Waals surface area contributed by atoms with Crippen molar-refractivity contribution < 1.29 is 9.53 Å². The van der Waals surface area contributed by atoms with Crippen LogP contribution in [0.1, 0.15) is 46.0 Å². The second-order valence-electron chi connectivity index (χ2n) is 4.60. The van der Waals surface area contributed by atoms with E-state index in [0.29, 0.717) is 12.2 Å². The van der Waals surface area contributed by atoms with Crippen LogP contribution in [0.5, 0.6) is 0 Å². The first-order chi connectivity index (χ1) is 7.94. The Morgan fingerprint density at radius 2 is 2.24 bits per heavy atom. The van der Waals surface area contributed by atoms with E-state index in [2.05, 4.69) is 10.1 Å². The number of nitrogens with zero attached hydrogens (tertiary/aromatic N) is 3. The first-order valence-corrected chi connectivity index (χ1v) is 5.91. The molecule has 0 aliphatic rings. The molecular formula is C12H21N3O2. The fourth-order valence-corrected chi connectivity index (χ4v) is 1.62. The summed E-state index contributed by atoms with van der Waals surface area (Å²) in [5.74, 6) is 0.735. The highest BCUT2D eigenvalue weighted by Gasteiger charge is 2.31. The van der Waals surface area contributed by atoms with Gasteiger partial charge in [-0.15, -0.1) is 0 Å². The molecule has 1 aromatic rings. The normalized spacial score (nSPS) is 14.9. The van der Waals surface area contributed by atoms with Crippen LogP contribution in [-0.4, -0.2) is 33.3 Å². The molecule has 0 saturated heterocycles. The SMILES string of the molecule is CCC(C)(OC)C(=O)Cc1ncnn1C(C)C. The van der Waals surface area contributed by atoms with Crippen molar-refractivity contribution in [3.05, 3.63) is 12.2 Å². The van der Waals surface area contributed by atoms with Crippen molar-refractivity contribution in [3.8, 4) is 0 Å². The number of rotatable bonds is 6. The molecule has 0 fully saturated rings. The third kappa shape index (κ3) is 2.91. The largest absolute Gasteiger partial charge is 0.371 e. The summed E-state index contributed by atoms with van der Waals surface area (Å²) in [7, 11) is 1.56. The van der Waals surface area contributed by atoms with Gasteiger partial charge in [-0.3, -0.25) is 4.79 Å². The van der Waals surface area contributed by atoms with Crippen molar-refractivity contribution in [1.29, 1.82) is 0 Å². The number of hydrogen-bond acceptors (Lipinski definition) is 4. The number of carbonyl (C=O) groups is 1. The van der Waals surface area contributed by atoms with Crippen LogP contribution in [0.4, 0.5) is 0 Å². The highest BCUT2D eigenvalue weighted by Crippen LogP contribution is 2.18. The van der Waals surface area contributed by atoms with E-state index in [1.54, 1.807) is 11.8 Å². The molecule has 1 aromatic heterocycles. The molecule has 0 aliphatic heterocycles. The maximum atomic E-state index is 12.2. The van der Waals surface area contributed by atoms with Crippen molar-refractivity contribution in [1.82, 2.24) is 14.8 Å². The van der Waals surface area contributed by atoms with Gasteiger partial charge in [0.25, 0.3) is 0 Å². The summed E-state index contributed by atoms with van der Waals surface area (Å²) < 4.78 is 7.06. The summed E-state index contributed by atoms with van der Waals surface area (Å²) in [6, 6.07) is 0.204. The van der Waals surface area contributed by atoms with E-state index in [0.717, 1.165) is 0 Å². The molecule has 0 aliphatic carbocycles. The summed E-state index contributed by atoms with van der Waals surface area (Å²) in [6.45, 7) is 7.77. The standard InChI is InChI=1S/C12H21N3O2/c1-6-12(4,17-5)10(16)7-11-13-8-14-15(11)9(2)3/h8-9H,6-7H2,1-5H3. The number of aromatic nitrogens is 3. The Bertz CT molecular complexity index is 381. The first kappa shape index (κ1) is 13.8. The minimum Gasteiger partial charge on any atom is -0.371 e. The lowest BCUT2D eigenvalue weighted by atomic mass is 9.95. The lowest BCUT2D eigenvalue weighted by molar-refractivity contribution is -0.138. The molecule has 1 rings (SSSR count). The van der Waals surface area contributed by atoms with Gasteiger partial charge in [0.05, 0.1) is 6.42 Å². The molecule has 0 bridgehead atoms. The van der Waals surface area contributed by atoms with E-state index in [-0.39, 0.29) is 18.2 Å². The fourth-order valence-electron chi connectivity index (χ4n) is 1.62. The number of methoxy groups -OCH3 is 1. The molecule has 5 heteroatoms. The number of carbonyl (C=O) groups excluding carboxylic acids is 1. The van der Waals surface area contributed by atoms with Crippen LogP contribution in [0.25, 0.3) is 0 Å². The number of ether oxygens (including phenoxy) is 1. The highest BCUT2D eigenvalue weighted by atomic mass is 16.5. The van der Waals surface area contributed by atoms with Gasteiger partial charge in [0.2, 0.25) is 0 Å². The van der Waals surface area contributed by atoms with Crippen molar-refractivity contribution in [2.24, 2.45) is 0 Å². The first-order valence-electron chi connectivity index (χ1n) is 5.91. The summed E-state index contributed by atoms with van der Waals surface area (Å²) in [6.07, 6.45) is 2.40. The summed E-state index contributed by atoms with van der Waals surface area (Å²) >= 11 is 0. The van der Waals surface area contributed by atoms with Crippen LogP contribution in [-0.2, 0) is 16.0 Å². The second kappa shape index (κ2) is 5.40. The molecule has 1 heterocycles. The molecule has 96 valence electrons. The third-order valence-corrected chi connectivity index (χ3v) is 3.17. The Labute approximate surface area is 102 Å². The third-order valence-electron chi connectivity index (χ3n) is 3.17. The zero-order chi connectivity index (χ0) is 13.1. The quantitative estimate of drug-likeness (QED) is 0.759. The monoisotopic (exact) mass is 239 g/mol. The zero-order valence-corrected chi connectivity index (χ0v) is 11.2. The Morgan fingerprint density at radius 1 is 1.59 bits per heavy atom. The van der Waals surface area contributed by atoms with E-state index in [4.69, 9.17) is 4.74 Å². The molecular weight excluding hydrogens is 218 g/mol. The smallest absolute Gasteiger partial charge is 0.171 e. The van der Waals surface area contributed by atoms with Crippen molar-refractivity contribution >= 4 is 5.78 Å². The Balaban J connectivity index is 2.84. The van der Waals surface area contributed by atoms with Crippen molar-refractivity contribution in [3.63, 3.8) is 0 Å². The second-order valence-corrected chi connectivity index (χ2v) is 4.60. The van der Waals surface area contributed by atoms with Gasteiger partial charge in [-0.05, 0) is 27.2 Å². The van der Waals surface area contributed by atoms with E-state index in [1.165, 1.54) is 6.33 Å². The topological polar surface area (TPSA) is 57.0 Å². The number of hydrogen-bond donors (Lipinski definition) is 0. The molecule has 0 aromatic carbocycles. The maximum Gasteiger partial charge on any atom is 0.171 e. The van der Waals surface area contributed by atoms with Crippen molar-refractivity contribution in [2.75, 3.05) is 7.11 Å². The molecule has 1 atom stereocenters. The lowest BCUT2D eigenvalue weighted by Gasteiger charge is -2.24. The number of Topliss-reactive ketones (excluding diaryl/α,β-unsaturated/α-hetero) is 1. The predicted octanol–water partition coefficient (Wildman–Crippen LogP) is 1.79. The van der Waals surface area contributed by atoms with Crippen molar-refractivity contribution in [2.45, 2.75) is 52.2 Å². The Kier molecular flexibility index (Phi) is 4.40. The fraction of sp³-hybridized carbons (Fsp3) is 0.750. The lowest BCUT2D eigenvalue weighted by Crippen LogP contribution is -2.38. The minimum atomic E-state index is -0.728. The Hall–Kier alpha value is -1.23. The summed E-state index contributed by atoms with van der Waals surface area (Å²) in [4.78, 5) is 16.3. The van der Waals surface area contributed by atoms with Crippen LogP contribution < -0.4 is 0 Å². The maximum absolute atomic E-state index is 12.2. The average Bonchev–Trinajstić information content (AvgIpc) is 2.76. The van der Waals surface area contributed by atoms with Crippen LogP contribution >= 0.6 is 0 Å². The average molecular weight is 239 g/mol. The van der Waals surface area contributed by atoms with Crippen LogP contribution in [0.2, 0.25) is 0 Å². The summed E-state index contributed by atoms with van der Waals surface area (Å²) in [5.41, 5.74) is -0.728. The minimum absolute atomic E-state index is 0.0393. The molecule has 0 amide bonds. The summed E-state index contributed by atoms with van der Waals surface area (Å²) in [5, 5.41) is 4.11. The van der Waals surface area contributed by atoms with E-state index in [9.17, 15) is 4.79 Å². The van der Waals surface area contributed by atoms with Gasteiger partial charge in [0, 0.05) is 13.2 Å². The highest BCUT2D eigenvalue weighted by molar-refractivity contribution is 5.88. The van der Waals surface area contributed by atoms with Gasteiger partial charge < -0.3 is 4.74 Å². The van der Waals surface area contributed by atoms with Gasteiger partial charge in [0.15, 0.2) is 5.78 Å².